The molecule has 0 radical (unpaired) electrons. The van der Waals surface area contributed by atoms with E-state index < -0.39 is 6.29 Å². The molecule has 1 aliphatic carbocycles. The van der Waals surface area contributed by atoms with E-state index in [1.54, 1.807) is 0 Å². The molecule has 39 heavy (non-hydrogen) atoms. The Labute approximate surface area is 233 Å². The number of carbonyl (C=O) groups excluding carboxylic acids is 1. The summed E-state index contributed by atoms with van der Waals surface area (Å²) in [6, 6.07) is 16.7. The van der Waals surface area contributed by atoms with Gasteiger partial charge >= 0.3 is 6.03 Å². The van der Waals surface area contributed by atoms with E-state index in [9.17, 15) is 9.90 Å². The molecule has 5 atom stereocenters. The predicted molar refractivity (Wildman–Crippen MR) is 152 cm³/mol. The molecule has 0 spiro atoms. The number of benzene rings is 2. The monoisotopic (exact) mass is 535 g/mol. The molecule has 2 bridgehead atoms. The molecule has 2 aromatic rings. The molecule has 2 amide bonds. The summed E-state index contributed by atoms with van der Waals surface area (Å²) in [6.45, 7) is 12.3. The first-order valence-corrected chi connectivity index (χ1v) is 14.5. The van der Waals surface area contributed by atoms with Gasteiger partial charge in [-0.25, -0.2) is 4.79 Å². The quantitative estimate of drug-likeness (QED) is 0.419. The normalized spacial score (nSPS) is 30.2. The van der Waals surface area contributed by atoms with Gasteiger partial charge in [-0.2, -0.15) is 0 Å². The van der Waals surface area contributed by atoms with Crippen molar-refractivity contribution < 1.29 is 19.4 Å². The van der Waals surface area contributed by atoms with E-state index >= 15 is 0 Å². The number of urea groups is 1. The van der Waals surface area contributed by atoms with Gasteiger partial charge in [-0.1, -0.05) is 69.3 Å². The van der Waals surface area contributed by atoms with Crippen molar-refractivity contribution in [3.8, 4) is 0 Å². The molecular weight excluding hydrogens is 490 g/mol. The zero-order valence-corrected chi connectivity index (χ0v) is 23.9. The number of carbonyl (C=O) groups is 1. The lowest BCUT2D eigenvalue weighted by atomic mass is 9.65. The minimum Gasteiger partial charge on any atom is -0.392 e. The Morgan fingerprint density at radius 3 is 2.36 bits per heavy atom. The number of hydrogen-bond donors (Lipinski definition) is 3. The first-order chi connectivity index (χ1) is 18.6. The van der Waals surface area contributed by atoms with Crippen molar-refractivity contribution >= 4 is 6.03 Å². The number of nitrogens with zero attached hydrogens (tertiary/aromatic N) is 1. The van der Waals surface area contributed by atoms with E-state index in [2.05, 4.69) is 48.4 Å². The van der Waals surface area contributed by atoms with Crippen molar-refractivity contribution in [2.24, 2.45) is 10.8 Å². The molecule has 0 aromatic heterocycles. The summed E-state index contributed by atoms with van der Waals surface area (Å²) in [7, 11) is 0. The number of rotatable bonds is 8. The number of hydrogen-bond acceptors (Lipinski definition) is 5. The molecule has 7 nitrogen and oxygen atoms in total. The third-order valence-electron chi connectivity index (χ3n) is 8.62. The van der Waals surface area contributed by atoms with Gasteiger partial charge in [0.2, 0.25) is 0 Å². The summed E-state index contributed by atoms with van der Waals surface area (Å²) >= 11 is 0. The molecular formula is C32H45N3O4. The van der Waals surface area contributed by atoms with E-state index in [4.69, 9.17) is 9.47 Å². The molecule has 5 rings (SSSR count). The fourth-order valence-electron chi connectivity index (χ4n) is 7.28. The van der Waals surface area contributed by atoms with Crippen LogP contribution in [0.5, 0.6) is 0 Å². The van der Waals surface area contributed by atoms with Crippen LogP contribution in [-0.2, 0) is 22.6 Å². The average molecular weight is 536 g/mol. The van der Waals surface area contributed by atoms with Crippen molar-refractivity contribution in [3.63, 3.8) is 0 Å². The largest absolute Gasteiger partial charge is 0.392 e. The molecule has 2 heterocycles. The van der Waals surface area contributed by atoms with Crippen LogP contribution < -0.4 is 10.6 Å². The van der Waals surface area contributed by atoms with Crippen LogP contribution in [0, 0.1) is 10.8 Å². The molecule has 2 aromatic carbocycles. The number of fused-ring (bicyclic) bond motifs is 2. The lowest BCUT2D eigenvalue weighted by molar-refractivity contribution is -0.253. The SMILES string of the molecule is CCNC(=O)NCc1ccc(C2OC(CN3CC4(C)CC3CC(C)(C)C4)CC(c3ccc(CO)cc3)O2)cc1. The molecule has 212 valence electrons. The van der Waals surface area contributed by atoms with Crippen LogP contribution in [0.3, 0.4) is 0 Å². The van der Waals surface area contributed by atoms with Gasteiger partial charge in [-0.15, -0.1) is 0 Å². The molecule has 3 fully saturated rings. The van der Waals surface area contributed by atoms with Crippen LogP contribution in [0.4, 0.5) is 4.79 Å². The van der Waals surface area contributed by atoms with Crippen LogP contribution >= 0.6 is 0 Å². The highest BCUT2D eigenvalue weighted by atomic mass is 16.7. The van der Waals surface area contributed by atoms with Crippen molar-refractivity contribution in [3.05, 3.63) is 70.8 Å². The first kappa shape index (κ1) is 28.1. The van der Waals surface area contributed by atoms with Gasteiger partial charge < -0.3 is 25.2 Å². The smallest absolute Gasteiger partial charge is 0.315 e. The summed E-state index contributed by atoms with van der Waals surface area (Å²) in [5.74, 6) is 0. The minimum atomic E-state index is -0.467. The maximum absolute atomic E-state index is 11.8. The maximum Gasteiger partial charge on any atom is 0.315 e. The van der Waals surface area contributed by atoms with Crippen LogP contribution in [0.1, 0.15) is 88.0 Å². The topological polar surface area (TPSA) is 83.1 Å². The van der Waals surface area contributed by atoms with Crippen LogP contribution in [0.15, 0.2) is 48.5 Å². The standard InChI is InChI=1S/C32H45N3O4/c1-5-33-30(37)34-17-22-6-12-25(13-7-22)29-38-27(14-28(39-29)24-10-8-23(19-36)9-11-24)18-35-21-32(4)16-26(35)15-31(2,3)20-32/h6-13,26-29,36H,5,14-21H2,1-4H3,(H2,33,34,37). The molecule has 5 unspecified atom stereocenters. The Morgan fingerprint density at radius 2 is 1.67 bits per heavy atom. The molecule has 2 aliphatic heterocycles. The molecule has 3 aliphatic rings. The summed E-state index contributed by atoms with van der Waals surface area (Å²) in [5.41, 5.74) is 4.78. The Balaban J connectivity index is 1.31. The average Bonchev–Trinajstić information content (AvgIpc) is 3.15. The van der Waals surface area contributed by atoms with Gasteiger partial charge in [-0.3, -0.25) is 4.90 Å². The third kappa shape index (κ3) is 6.83. The van der Waals surface area contributed by atoms with E-state index in [1.807, 2.05) is 43.3 Å². The Kier molecular flexibility index (Phi) is 8.34. The second-order valence-electron chi connectivity index (χ2n) is 12.9. The molecule has 1 saturated carbocycles. The van der Waals surface area contributed by atoms with E-state index in [1.165, 1.54) is 19.3 Å². The zero-order chi connectivity index (χ0) is 27.6. The Morgan fingerprint density at radius 1 is 0.974 bits per heavy atom. The second-order valence-corrected chi connectivity index (χ2v) is 12.9. The highest BCUT2D eigenvalue weighted by molar-refractivity contribution is 5.73. The van der Waals surface area contributed by atoms with Crippen molar-refractivity contribution in [2.45, 2.75) is 91.1 Å². The van der Waals surface area contributed by atoms with Gasteiger partial charge in [0.1, 0.15) is 0 Å². The van der Waals surface area contributed by atoms with Gasteiger partial charge in [0.05, 0.1) is 18.8 Å². The van der Waals surface area contributed by atoms with Crippen LogP contribution in [-0.4, -0.2) is 47.8 Å². The van der Waals surface area contributed by atoms with Crippen LogP contribution in [0.25, 0.3) is 0 Å². The van der Waals surface area contributed by atoms with E-state index in [0.717, 1.165) is 41.8 Å². The highest BCUT2D eigenvalue weighted by Gasteiger charge is 2.50. The summed E-state index contributed by atoms with van der Waals surface area (Å²) in [6.07, 6.45) is 4.10. The van der Waals surface area contributed by atoms with Gasteiger partial charge in [0.25, 0.3) is 0 Å². The molecule has 2 saturated heterocycles. The van der Waals surface area contributed by atoms with Crippen LogP contribution in [0.2, 0.25) is 0 Å². The van der Waals surface area contributed by atoms with Crippen molar-refractivity contribution in [1.82, 2.24) is 15.5 Å². The second kappa shape index (κ2) is 11.6. The summed E-state index contributed by atoms with van der Waals surface area (Å²) < 4.78 is 13.2. The summed E-state index contributed by atoms with van der Waals surface area (Å²) in [5, 5.41) is 15.1. The van der Waals surface area contributed by atoms with Gasteiger partial charge in [-0.05, 0) is 53.7 Å². The van der Waals surface area contributed by atoms with Gasteiger partial charge in [0, 0.05) is 44.2 Å². The number of likely N-dealkylation sites (tertiary alicyclic amines) is 1. The number of nitrogens with one attached hydrogen (secondary N) is 2. The third-order valence-corrected chi connectivity index (χ3v) is 8.62. The minimum absolute atomic E-state index is 0.0347. The Bertz CT molecular complexity index is 1120. The predicted octanol–water partition coefficient (Wildman–Crippen LogP) is 5.44. The van der Waals surface area contributed by atoms with Gasteiger partial charge in [0.15, 0.2) is 6.29 Å². The zero-order valence-electron chi connectivity index (χ0n) is 23.9. The van der Waals surface area contributed by atoms with E-state index in [-0.39, 0.29) is 24.8 Å². The number of ether oxygens (including phenoxy) is 2. The number of amides is 2. The van der Waals surface area contributed by atoms with E-state index in [0.29, 0.717) is 30.0 Å². The van der Waals surface area contributed by atoms with Crippen molar-refractivity contribution in [2.75, 3.05) is 19.6 Å². The fraction of sp³-hybridized carbons (Fsp3) is 0.594. The highest BCUT2D eigenvalue weighted by Crippen LogP contribution is 2.53. The number of aliphatic hydroxyl groups excluding tert-OH is 1. The Hall–Kier alpha value is -2.45. The lowest BCUT2D eigenvalue weighted by Gasteiger charge is -2.41. The molecule has 3 N–H and O–H groups in total. The molecule has 7 heteroatoms. The lowest BCUT2D eigenvalue weighted by Crippen LogP contribution is -2.42. The maximum atomic E-state index is 11.8. The number of aliphatic hydroxyl groups is 1. The fourth-order valence-corrected chi connectivity index (χ4v) is 7.28. The van der Waals surface area contributed by atoms with Crippen molar-refractivity contribution in [1.29, 1.82) is 0 Å². The summed E-state index contributed by atoms with van der Waals surface area (Å²) in [4.78, 5) is 14.4. The first-order valence-electron chi connectivity index (χ1n) is 14.5.